The van der Waals surface area contributed by atoms with Gasteiger partial charge in [0.15, 0.2) is 11.6 Å². The highest BCUT2D eigenvalue weighted by atomic mass is 19.1. The first-order valence-corrected chi connectivity index (χ1v) is 8.13. The Morgan fingerprint density at radius 1 is 1.40 bits per heavy atom. The van der Waals surface area contributed by atoms with Crippen molar-refractivity contribution in [1.82, 2.24) is 9.97 Å². The van der Waals surface area contributed by atoms with Gasteiger partial charge in [0.2, 0.25) is 11.9 Å². The van der Waals surface area contributed by atoms with Crippen LogP contribution in [0, 0.1) is 11.7 Å². The number of halogens is 1. The van der Waals surface area contributed by atoms with Gasteiger partial charge in [0.25, 0.3) is 0 Å². The van der Waals surface area contributed by atoms with Crippen molar-refractivity contribution in [2.45, 2.75) is 25.8 Å². The normalized spacial score (nSPS) is 14.7. The maximum atomic E-state index is 13.7. The van der Waals surface area contributed by atoms with Gasteiger partial charge < -0.3 is 21.1 Å². The predicted molar refractivity (Wildman–Crippen MR) is 93.2 cm³/mol. The van der Waals surface area contributed by atoms with Gasteiger partial charge in [0, 0.05) is 23.3 Å². The number of anilines is 4. The first-order valence-electron chi connectivity index (χ1n) is 8.13. The highest BCUT2D eigenvalue weighted by Crippen LogP contribution is 2.30. The maximum Gasteiger partial charge on any atom is 0.229 e. The number of hydrogen-bond acceptors (Lipinski definition) is 6. The lowest BCUT2D eigenvalue weighted by atomic mass is 10.2. The molecule has 7 nitrogen and oxygen atoms in total. The summed E-state index contributed by atoms with van der Waals surface area (Å²) in [7, 11) is 0. The van der Waals surface area contributed by atoms with Crippen molar-refractivity contribution in [2.24, 2.45) is 5.92 Å². The van der Waals surface area contributed by atoms with Gasteiger partial charge in [0.05, 0.1) is 12.8 Å². The fourth-order valence-electron chi connectivity index (χ4n) is 2.20. The van der Waals surface area contributed by atoms with Crippen LogP contribution < -0.4 is 16.0 Å². The summed E-state index contributed by atoms with van der Waals surface area (Å²) in [6.45, 7) is 1.57. The van der Waals surface area contributed by atoms with E-state index in [1.165, 1.54) is 0 Å². The van der Waals surface area contributed by atoms with Crippen LogP contribution in [0.5, 0.6) is 0 Å². The van der Waals surface area contributed by atoms with E-state index in [1.807, 2.05) is 0 Å². The summed E-state index contributed by atoms with van der Waals surface area (Å²) in [4.78, 5) is 19.8. The van der Waals surface area contributed by atoms with Crippen LogP contribution in [0.15, 0.2) is 30.5 Å². The second-order valence-corrected chi connectivity index (χ2v) is 6.09. The van der Waals surface area contributed by atoms with Gasteiger partial charge in [-0.05, 0) is 38.0 Å². The first-order chi connectivity index (χ1) is 12.0. The Bertz CT molecular complexity index is 766. The van der Waals surface area contributed by atoms with E-state index < -0.39 is 5.82 Å². The molecule has 4 N–H and O–H groups in total. The van der Waals surface area contributed by atoms with Gasteiger partial charge >= 0.3 is 0 Å². The summed E-state index contributed by atoms with van der Waals surface area (Å²) in [5.74, 6) is -0.230. The molecule has 1 heterocycles. The summed E-state index contributed by atoms with van der Waals surface area (Å²) in [5, 5.41) is 17.7. The number of nitrogens with zero attached hydrogens (tertiary/aromatic N) is 2. The van der Waals surface area contributed by atoms with Crippen LogP contribution in [-0.4, -0.2) is 33.6 Å². The predicted octanol–water partition coefficient (Wildman–Crippen LogP) is 2.50. The number of hydrogen-bond donors (Lipinski definition) is 4. The van der Waals surface area contributed by atoms with E-state index in [0.29, 0.717) is 11.4 Å². The lowest BCUT2D eigenvalue weighted by molar-refractivity contribution is -0.117. The molecule has 0 unspecified atom stereocenters. The van der Waals surface area contributed by atoms with E-state index in [1.54, 1.807) is 31.2 Å². The van der Waals surface area contributed by atoms with E-state index in [2.05, 4.69) is 25.9 Å². The molecule has 1 aromatic carbocycles. The monoisotopic (exact) mass is 345 g/mol. The quantitative estimate of drug-likeness (QED) is 0.615. The second-order valence-electron chi connectivity index (χ2n) is 6.09. The minimum absolute atomic E-state index is 0.0113. The molecule has 0 saturated heterocycles. The number of aliphatic hydroxyl groups excluding tert-OH is 1. The van der Waals surface area contributed by atoms with E-state index >= 15 is 0 Å². The van der Waals surface area contributed by atoms with Gasteiger partial charge in [-0.2, -0.15) is 4.98 Å². The molecule has 1 amide bonds. The van der Waals surface area contributed by atoms with E-state index in [4.69, 9.17) is 5.11 Å². The van der Waals surface area contributed by atoms with Gasteiger partial charge in [-0.3, -0.25) is 4.79 Å². The van der Waals surface area contributed by atoms with Crippen LogP contribution in [0.25, 0.3) is 0 Å². The van der Waals surface area contributed by atoms with Crippen LogP contribution in [0.4, 0.5) is 27.5 Å². The molecule has 1 aliphatic rings. The number of rotatable bonds is 7. The number of carbonyl (C=O) groups excluding carboxylic acids is 1. The van der Waals surface area contributed by atoms with E-state index in [9.17, 15) is 9.18 Å². The number of amides is 1. The highest BCUT2D eigenvalue weighted by Gasteiger charge is 2.29. The smallest absolute Gasteiger partial charge is 0.229 e. The zero-order valence-corrected chi connectivity index (χ0v) is 13.8. The van der Waals surface area contributed by atoms with E-state index in [-0.39, 0.29) is 36.2 Å². The Morgan fingerprint density at radius 2 is 2.16 bits per heavy atom. The lowest BCUT2D eigenvalue weighted by Gasteiger charge is -2.13. The Kier molecular flexibility index (Phi) is 5.08. The molecule has 1 saturated carbocycles. The molecule has 8 heteroatoms. The fraction of sp³-hybridized carbons (Fsp3) is 0.353. The molecule has 3 rings (SSSR count). The van der Waals surface area contributed by atoms with Crippen molar-refractivity contribution >= 4 is 29.0 Å². The lowest BCUT2D eigenvalue weighted by Crippen LogP contribution is -2.21. The largest absolute Gasteiger partial charge is 0.394 e. The molecule has 0 bridgehead atoms. The molecule has 0 radical (unpaired) electrons. The van der Waals surface area contributed by atoms with Gasteiger partial charge in [0.1, 0.15) is 0 Å². The molecular formula is C17H20FN5O2. The molecule has 132 valence electrons. The minimum atomic E-state index is -0.601. The minimum Gasteiger partial charge on any atom is -0.394 e. The number of nitrogens with one attached hydrogen (secondary N) is 3. The van der Waals surface area contributed by atoms with E-state index in [0.717, 1.165) is 19.0 Å². The van der Waals surface area contributed by atoms with Crippen molar-refractivity contribution in [2.75, 3.05) is 22.6 Å². The summed E-state index contributed by atoms with van der Waals surface area (Å²) in [6.07, 6.45) is 2.94. The molecule has 1 atom stereocenters. The first kappa shape index (κ1) is 17.1. The summed E-state index contributed by atoms with van der Waals surface area (Å²) < 4.78 is 13.7. The molecule has 1 aliphatic carbocycles. The number of benzene rings is 1. The topological polar surface area (TPSA) is 99.2 Å². The summed E-state index contributed by atoms with van der Waals surface area (Å²) >= 11 is 0. The van der Waals surface area contributed by atoms with Crippen molar-refractivity contribution in [3.05, 3.63) is 36.3 Å². The van der Waals surface area contributed by atoms with Gasteiger partial charge in [-0.1, -0.05) is 6.07 Å². The highest BCUT2D eigenvalue weighted by molar-refractivity contribution is 5.94. The van der Waals surface area contributed by atoms with Crippen LogP contribution in [0.2, 0.25) is 0 Å². The van der Waals surface area contributed by atoms with Gasteiger partial charge in [-0.25, -0.2) is 9.37 Å². The molecule has 2 aromatic rings. The average molecular weight is 345 g/mol. The Hall–Kier alpha value is -2.74. The SMILES string of the molecule is C[C@@H](CO)Nc1nc(Nc2cccc(NC(=O)C3CC3)c2)ncc1F. The zero-order valence-electron chi connectivity index (χ0n) is 13.8. The van der Waals surface area contributed by atoms with Crippen LogP contribution in [0.1, 0.15) is 19.8 Å². The molecule has 0 spiro atoms. The molecule has 25 heavy (non-hydrogen) atoms. The number of carbonyl (C=O) groups is 1. The third kappa shape index (κ3) is 4.63. The zero-order chi connectivity index (χ0) is 17.8. The van der Waals surface area contributed by atoms with Crippen molar-refractivity contribution in [3.63, 3.8) is 0 Å². The Morgan fingerprint density at radius 3 is 2.88 bits per heavy atom. The Balaban J connectivity index is 1.71. The molecule has 1 fully saturated rings. The molecular weight excluding hydrogens is 325 g/mol. The van der Waals surface area contributed by atoms with Crippen LogP contribution in [-0.2, 0) is 4.79 Å². The number of aliphatic hydroxyl groups is 1. The molecule has 0 aliphatic heterocycles. The van der Waals surface area contributed by atoms with Crippen LogP contribution >= 0.6 is 0 Å². The van der Waals surface area contributed by atoms with Gasteiger partial charge in [-0.15, -0.1) is 0 Å². The molecule has 1 aromatic heterocycles. The standard InChI is InChI=1S/C17H20FN5O2/c1-10(9-24)20-15-14(18)8-19-17(23-15)22-13-4-2-3-12(7-13)21-16(25)11-5-6-11/h2-4,7-8,10-11,24H,5-6,9H2,1H3,(H,21,25)(H2,19,20,22,23)/t10-/m0/s1. The van der Waals surface area contributed by atoms with Crippen molar-refractivity contribution in [3.8, 4) is 0 Å². The summed E-state index contributed by atoms with van der Waals surface area (Å²) in [5.41, 5.74) is 1.35. The second kappa shape index (κ2) is 7.43. The average Bonchev–Trinajstić information content (AvgIpc) is 3.43. The Labute approximate surface area is 144 Å². The fourth-order valence-corrected chi connectivity index (χ4v) is 2.20. The third-order valence-corrected chi connectivity index (χ3v) is 3.74. The van der Waals surface area contributed by atoms with Crippen molar-refractivity contribution in [1.29, 1.82) is 0 Å². The third-order valence-electron chi connectivity index (χ3n) is 3.74. The van der Waals surface area contributed by atoms with Crippen molar-refractivity contribution < 1.29 is 14.3 Å². The number of aromatic nitrogens is 2. The summed E-state index contributed by atoms with van der Waals surface area (Å²) in [6, 6.07) is 6.81. The van der Waals surface area contributed by atoms with Crippen LogP contribution in [0.3, 0.4) is 0 Å². The maximum absolute atomic E-state index is 13.7.